The number of nitrogens with one attached hydrogen (secondary N) is 2. The molecule has 2 rings (SSSR count). The van der Waals surface area contributed by atoms with Gasteiger partial charge in [0.25, 0.3) is 5.91 Å². The smallest absolute Gasteiger partial charge is 0.416 e. The summed E-state index contributed by atoms with van der Waals surface area (Å²) in [7, 11) is 1.15. The van der Waals surface area contributed by atoms with Gasteiger partial charge in [-0.25, -0.2) is 0 Å². The molecule has 0 saturated carbocycles. The number of benzene rings is 2. The lowest BCUT2D eigenvalue weighted by Crippen LogP contribution is -2.18. The molecule has 2 aromatic rings. The van der Waals surface area contributed by atoms with Gasteiger partial charge >= 0.3 is 12.1 Å². The van der Waals surface area contributed by atoms with E-state index < -0.39 is 35.9 Å². The van der Waals surface area contributed by atoms with Crippen molar-refractivity contribution in [2.45, 2.75) is 12.6 Å². The summed E-state index contributed by atoms with van der Waals surface area (Å²) in [5.74, 6) is -2.00. The minimum absolute atomic E-state index is 0.0186. The number of carbonyl (C=O) groups excluding carboxylic acids is 3. The Balaban J connectivity index is 2.09. The van der Waals surface area contributed by atoms with Crippen molar-refractivity contribution in [1.29, 1.82) is 0 Å². The van der Waals surface area contributed by atoms with E-state index >= 15 is 0 Å². The van der Waals surface area contributed by atoms with Crippen LogP contribution < -0.4 is 10.6 Å². The molecule has 0 fully saturated rings. The average molecular weight is 380 g/mol. The monoisotopic (exact) mass is 380 g/mol. The van der Waals surface area contributed by atoms with Crippen molar-refractivity contribution in [1.82, 2.24) is 0 Å². The highest BCUT2D eigenvalue weighted by Crippen LogP contribution is 2.30. The van der Waals surface area contributed by atoms with Gasteiger partial charge in [-0.05, 0) is 36.4 Å². The normalized spacial score (nSPS) is 10.8. The second kappa shape index (κ2) is 8.35. The zero-order valence-electron chi connectivity index (χ0n) is 14.1. The third kappa shape index (κ3) is 5.84. The van der Waals surface area contributed by atoms with Crippen LogP contribution in [0.3, 0.4) is 0 Å². The van der Waals surface area contributed by atoms with Gasteiger partial charge in [-0.1, -0.05) is 12.1 Å². The highest BCUT2D eigenvalue weighted by Gasteiger charge is 2.30. The summed E-state index contributed by atoms with van der Waals surface area (Å²) in [5.41, 5.74) is -0.539. The zero-order chi connectivity index (χ0) is 20.0. The predicted molar refractivity (Wildman–Crippen MR) is 91.1 cm³/mol. The lowest BCUT2D eigenvalue weighted by molar-refractivity contribution is -0.143. The molecular formula is C18H15F3N2O4. The van der Waals surface area contributed by atoms with Crippen LogP contribution in [0, 0.1) is 0 Å². The van der Waals surface area contributed by atoms with Crippen molar-refractivity contribution >= 4 is 29.2 Å². The Morgan fingerprint density at radius 1 is 0.963 bits per heavy atom. The average Bonchev–Trinajstić information content (AvgIpc) is 2.61. The lowest BCUT2D eigenvalue weighted by Gasteiger charge is -2.11. The van der Waals surface area contributed by atoms with Crippen LogP contribution in [0.5, 0.6) is 0 Å². The minimum atomic E-state index is -4.52. The number of alkyl halides is 3. The van der Waals surface area contributed by atoms with Crippen molar-refractivity contribution in [3.8, 4) is 0 Å². The van der Waals surface area contributed by atoms with E-state index in [9.17, 15) is 27.6 Å². The van der Waals surface area contributed by atoms with Gasteiger partial charge < -0.3 is 15.4 Å². The molecule has 2 N–H and O–H groups in total. The van der Waals surface area contributed by atoms with E-state index in [2.05, 4.69) is 15.4 Å². The number of hydrogen-bond acceptors (Lipinski definition) is 4. The number of carbonyl (C=O) groups is 3. The summed E-state index contributed by atoms with van der Waals surface area (Å²) in [6.45, 7) is 0. The molecule has 0 atom stereocenters. The molecule has 2 aromatic carbocycles. The van der Waals surface area contributed by atoms with Crippen molar-refractivity contribution in [2.75, 3.05) is 17.7 Å². The van der Waals surface area contributed by atoms with Crippen molar-refractivity contribution in [3.63, 3.8) is 0 Å². The van der Waals surface area contributed by atoms with Gasteiger partial charge in [0, 0.05) is 16.9 Å². The molecule has 0 saturated heterocycles. The maximum atomic E-state index is 12.7. The van der Waals surface area contributed by atoms with E-state index in [-0.39, 0.29) is 16.9 Å². The van der Waals surface area contributed by atoms with E-state index in [0.29, 0.717) is 0 Å². The highest BCUT2D eigenvalue weighted by molar-refractivity contribution is 6.06. The molecule has 0 aliphatic heterocycles. The fraction of sp³-hybridized carbons (Fsp3) is 0.167. The predicted octanol–water partition coefficient (Wildman–Crippen LogP) is 3.46. The van der Waals surface area contributed by atoms with Gasteiger partial charge in [-0.2, -0.15) is 13.2 Å². The minimum Gasteiger partial charge on any atom is -0.469 e. The third-order valence-corrected chi connectivity index (χ3v) is 3.39. The molecule has 142 valence electrons. The van der Waals surface area contributed by atoms with Crippen molar-refractivity contribution in [3.05, 3.63) is 59.7 Å². The maximum absolute atomic E-state index is 12.7. The van der Waals surface area contributed by atoms with Crippen LogP contribution in [0.1, 0.15) is 22.3 Å². The van der Waals surface area contributed by atoms with Crippen LogP contribution >= 0.6 is 0 Å². The highest BCUT2D eigenvalue weighted by atomic mass is 19.4. The number of amides is 2. The number of hydrogen-bond donors (Lipinski definition) is 2. The second-order valence-electron chi connectivity index (χ2n) is 5.41. The van der Waals surface area contributed by atoms with E-state index in [1.54, 1.807) is 0 Å². The van der Waals surface area contributed by atoms with E-state index in [4.69, 9.17) is 0 Å². The molecule has 0 aliphatic carbocycles. The standard InChI is InChI=1S/C18H15F3N2O4/c1-27-16(25)10-15(24)22-13-6-2-4-11(8-13)17(26)23-14-7-3-5-12(9-14)18(19,20)21/h2-9H,10H2,1H3,(H,22,24)(H,23,26). The van der Waals surface area contributed by atoms with Crippen LogP contribution in [-0.2, 0) is 20.5 Å². The summed E-state index contributed by atoms with van der Waals surface area (Å²) in [6, 6.07) is 9.96. The number of anilines is 2. The topological polar surface area (TPSA) is 84.5 Å². The Kier molecular flexibility index (Phi) is 6.17. The van der Waals surface area contributed by atoms with Gasteiger partial charge in [-0.15, -0.1) is 0 Å². The summed E-state index contributed by atoms with van der Waals surface area (Å²) < 4.78 is 42.6. The molecule has 0 radical (unpaired) electrons. The number of rotatable bonds is 5. The third-order valence-electron chi connectivity index (χ3n) is 3.39. The van der Waals surface area contributed by atoms with E-state index in [0.717, 1.165) is 19.2 Å². The first-order chi connectivity index (χ1) is 12.7. The summed E-state index contributed by atoms with van der Waals surface area (Å²) in [5, 5.41) is 4.79. The van der Waals surface area contributed by atoms with Crippen LogP contribution in [0.4, 0.5) is 24.5 Å². The van der Waals surface area contributed by atoms with Gasteiger partial charge in [0.05, 0.1) is 12.7 Å². The molecule has 0 spiro atoms. The molecule has 0 aromatic heterocycles. The maximum Gasteiger partial charge on any atom is 0.416 e. The summed E-state index contributed by atoms with van der Waals surface area (Å²) in [6.07, 6.45) is -5.01. The fourth-order valence-electron chi connectivity index (χ4n) is 2.12. The number of halogens is 3. The molecule has 0 bridgehead atoms. The molecule has 6 nitrogen and oxygen atoms in total. The fourth-order valence-corrected chi connectivity index (χ4v) is 2.12. The molecule has 2 amide bonds. The quantitative estimate of drug-likeness (QED) is 0.615. The Hall–Kier alpha value is -3.36. The largest absolute Gasteiger partial charge is 0.469 e. The Morgan fingerprint density at radius 2 is 1.59 bits per heavy atom. The van der Waals surface area contributed by atoms with Crippen LogP contribution in [0.15, 0.2) is 48.5 Å². The Bertz CT molecular complexity index is 866. The first-order valence-electron chi connectivity index (χ1n) is 7.64. The first kappa shape index (κ1) is 20.0. The van der Waals surface area contributed by atoms with Crippen LogP contribution in [0.2, 0.25) is 0 Å². The van der Waals surface area contributed by atoms with Gasteiger partial charge in [0.15, 0.2) is 0 Å². The number of methoxy groups -OCH3 is 1. The van der Waals surface area contributed by atoms with E-state index in [1.165, 1.54) is 36.4 Å². The zero-order valence-corrected chi connectivity index (χ0v) is 14.1. The van der Waals surface area contributed by atoms with Crippen molar-refractivity contribution < 1.29 is 32.3 Å². The lowest BCUT2D eigenvalue weighted by atomic mass is 10.1. The van der Waals surface area contributed by atoms with Gasteiger partial charge in [0.2, 0.25) is 5.91 Å². The molecule has 0 heterocycles. The number of esters is 1. The van der Waals surface area contributed by atoms with Gasteiger partial charge in [-0.3, -0.25) is 14.4 Å². The van der Waals surface area contributed by atoms with Gasteiger partial charge in [0.1, 0.15) is 6.42 Å². The van der Waals surface area contributed by atoms with E-state index in [1.807, 2.05) is 0 Å². The Labute approximate surface area is 152 Å². The first-order valence-corrected chi connectivity index (χ1v) is 7.64. The molecule has 0 unspecified atom stereocenters. The second-order valence-corrected chi connectivity index (χ2v) is 5.41. The number of ether oxygens (including phenoxy) is 1. The molecule has 27 heavy (non-hydrogen) atoms. The Morgan fingerprint density at radius 3 is 2.22 bits per heavy atom. The molecule has 9 heteroatoms. The van der Waals surface area contributed by atoms with Crippen LogP contribution in [0.25, 0.3) is 0 Å². The summed E-state index contributed by atoms with van der Waals surface area (Å²) in [4.78, 5) is 35.0. The van der Waals surface area contributed by atoms with Crippen LogP contribution in [-0.4, -0.2) is 24.9 Å². The summed E-state index contributed by atoms with van der Waals surface area (Å²) >= 11 is 0. The SMILES string of the molecule is COC(=O)CC(=O)Nc1cccc(C(=O)Nc2cccc(C(F)(F)F)c2)c1. The van der Waals surface area contributed by atoms with Crippen molar-refractivity contribution in [2.24, 2.45) is 0 Å². The molecular weight excluding hydrogens is 365 g/mol. The molecule has 0 aliphatic rings.